The zero-order valence-corrected chi connectivity index (χ0v) is 11.7. The molecule has 2 rings (SSSR count). The van der Waals surface area contributed by atoms with Gasteiger partial charge in [0.2, 0.25) is 5.78 Å². The van der Waals surface area contributed by atoms with Gasteiger partial charge in [0.1, 0.15) is 5.69 Å². The summed E-state index contributed by atoms with van der Waals surface area (Å²) in [6.07, 6.45) is -2.90. The molecule has 0 aliphatic heterocycles. The highest BCUT2D eigenvalue weighted by Gasteiger charge is 2.35. The first kappa shape index (κ1) is 14.7. The first-order valence-corrected chi connectivity index (χ1v) is 6.82. The van der Waals surface area contributed by atoms with E-state index in [1.165, 1.54) is 4.68 Å². The number of carbonyl (C=O) groups is 1. The van der Waals surface area contributed by atoms with Gasteiger partial charge in [0, 0.05) is 12.7 Å². The van der Waals surface area contributed by atoms with Crippen LogP contribution in [0.25, 0.3) is 0 Å². The van der Waals surface area contributed by atoms with E-state index in [-0.39, 0.29) is 4.88 Å². The second kappa shape index (κ2) is 5.35. The van der Waals surface area contributed by atoms with Crippen molar-refractivity contribution in [2.75, 3.05) is 0 Å². The number of ketones is 1. The van der Waals surface area contributed by atoms with E-state index in [1.807, 2.05) is 13.8 Å². The van der Waals surface area contributed by atoms with E-state index < -0.39 is 17.0 Å². The van der Waals surface area contributed by atoms with Gasteiger partial charge in [-0.25, -0.2) is 4.98 Å². The molecule has 4 nitrogen and oxygen atoms in total. The highest BCUT2D eigenvalue weighted by atomic mass is 32.1. The third kappa shape index (κ3) is 2.74. The molecule has 0 saturated heterocycles. The minimum Gasteiger partial charge on any atom is -0.286 e. The van der Waals surface area contributed by atoms with Gasteiger partial charge in [-0.2, -0.15) is 18.3 Å². The number of aromatic nitrogens is 3. The smallest absolute Gasteiger partial charge is 0.286 e. The van der Waals surface area contributed by atoms with Gasteiger partial charge in [-0.15, -0.1) is 11.3 Å². The van der Waals surface area contributed by atoms with Gasteiger partial charge in [-0.1, -0.05) is 6.92 Å². The van der Waals surface area contributed by atoms with Gasteiger partial charge < -0.3 is 0 Å². The lowest BCUT2D eigenvalue weighted by molar-refractivity contribution is -0.137. The minimum atomic E-state index is -4.53. The van der Waals surface area contributed by atoms with Crippen molar-refractivity contribution in [3.05, 3.63) is 33.5 Å². The third-order valence-electron chi connectivity index (χ3n) is 2.70. The molecule has 8 heteroatoms. The number of thiazole rings is 1. The summed E-state index contributed by atoms with van der Waals surface area (Å²) < 4.78 is 39.0. The normalized spacial score (nSPS) is 11.8. The van der Waals surface area contributed by atoms with Gasteiger partial charge in [0.25, 0.3) is 0 Å². The van der Waals surface area contributed by atoms with Crippen LogP contribution in [0.3, 0.4) is 0 Å². The molecule has 0 aliphatic carbocycles. The molecule has 0 radical (unpaired) electrons. The molecule has 0 aromatic carbocycles. The molecular weight excluding hydrogens is 291 g/mol. The highest BCUT2D eigenvalue weighted by Crippen LogP contribution is 2.33. The number of alkyl halides is 3. The quantitative estimate of drug-likeness (QED) is 0.815. The molecule has 0 aliphatic rings. The van der Waals surface area contributed by atoms with Gasteiger partial charge in [0.15, 0.2) is 5.01 Å². The Bertz CT molecular complexity index is 630. The summed E-state index contributed by atoms with van der Waals surface area (Å²) in [5, 5.41) is 3.19. The van der Waals surface area contributed by atoms with E-state index >= 15 is 0 Å². The molecule has 0 fully saturated rings. The molecule has 0 atom stereocenters. The Morgan fingerprint density at radius 2 is 2.10 bits per heavy atom. The molecule has 108 valence electrons. The summed E-state index contributed by atoms with van der Waals surface area (Å²) >= 11 is 0.352. The number of hydrogen-bond donors (Lipinski definition) is 0. The molecule has 0 amide bonds. The highest BCUT2D eigenvalue weighted by molar-refractivity contribution is 7.13. The summed E-state index contributed by atoms with van der Waals surface area (Å²) in [6, 6.07) is 1.61. The van der Waals surface area contributed by atoms with Crippen molar-refractivity contribution >= 4 is 17.1 Å². The van der Waals surface area contributed by atoms with Gasteiger partial charge in [-0.05, 0) is 19.4 Å². The zero-order valence-electron chi connectivity index (χ0n) is 10.9. The Kier molecular flexibility index (Phi) is 3.94. The van der Waals surface area contributed by atoms with Crippen molar-refractivity contribution in [1.82, 2.24) is 14.8 Å². The van der Waals surface area contributed by atoms with E-state index in [4.69, 9.17) is 0 Å². The fourth-order valence-corrected chi connectivity index (χ4v) is 2.44. The maximum Gasteiger partial charge on any atom is 0.443 e. The molecule has 20 heavy (non-hydrogen) atoms. The van der Waals surface area contributed by atoms with E-state index in [2.05, 4.69) is 10.1 Å². The van der Waals surface area contributed by atoms with Crippen molar-refractivity contribution in [1.29, 1.82) is 0 Å². The summed E-state index contributed by atoms with van der Waals surface area (Å²) in [5.74, 6) is -0.480. The summed E-state index contributed by atoms with van der Waals surface area (Å²) in [6.45, 7) is 4.19. The van der Waals surface area contributed by atoms with Crippen LogP contribution in [-0.2, 0) is 19.1 Å². The first-order valence-electron chi connectivity index (χ1n) is 6.01. The fraction of sp³-hybridized carbons (Fsp3) is 0.417. The fourth-order valence-electron chi connectivity index (χ4n) is 1.70. The van der Waals surface area contributed by atoms with E-state index in [1.54, 1.807) is 6.07 Å². The lowest BCUT2D eigenvalue weighted by atomic mass is 10.2. The lowest BCUT2D eigenvalue weighted by Gasteiger charge is -2.01. The number of carbonyl (C=O) groups excluding carboxylic acids is 1. The zero-order chi connectivity index (χ0) is 14.9. The predicted octanol–water partition coefficient (Wildman–Crippen LogP) is 3.17. The monoisotopic (exact) mass is 303 g/mol. The summed E-state index contributed by atoms with van der Waals surface area (Å²) in [7, 11) is 0. The second-order valence-corrected chi connectivity index (χ2v) is 5.08. The molecule has 0 N–H and O–H groups in total. The van der Waals surface area contributed by atoms with Crippen molar-refractivity contribution < 1.29 is 18.0 Å². The Hall–Kier alpha value is -1.70. The number of hydrogen-bond acceptors (Lipinski definition) is 4. The predicted molar refractivity (Wildman–Crippen MR) is 67.8 cm³/mol. The van der Waals surface area contributed by atoms with Gasteiger partial charge in [0.05, 0.1) is 10.6 Å². The number of rotatable bonds is 4. The van der Waals surface area contributed by atoms with Crippen LogP contribution in [0.4, 0.5) is 13.2 Å². The van der Waals surface area contributed by atoms with Crippen molar-refractivity contribution in [2.45, 2.75) is 33.0 Å². The number of nitrogens with zero attached hydrogens (tertiary/aromatic N) is 3. The standard InChI is InChI=1S/C12H12F3N3OS/c1-3-7-5-8(18(4-2)17-7)10(19)9-6-16-11(20-9)12(13,14)15/h5-6H,3-4H2,1-2H3. The number of halogens is 3. The first-order chi connectivity index (χ1) is 9.36. The SMILES string of the molecule is CCc1cc(C(=O)c2cnc(C(F)(F)F)s2)n(CC)n1. The van der Waals surface area contributed by atoms with E-state index in [0.717, 1.165) is 11.9 Å². The van der Waals surface area contributed by atoms with Crippen LogP contribution in [0.5, 0.6) is 0 Å². The molecule has 0 bridgehead atoms. The maximum absolute atomic E-state index is 12.5. The second-order valence-electron chi connectivity index (χ2n) is 4.05. The van der Waals surface area contributed by atoms with Gasteiger partial charge >= 0.3 is 6.18 Å². The Morgan fingerprint density at radius 1 is 1.40 bits per heavy atom. The molecule has 2 heterocycles. The molecule has 0 saturated carbocycles. The Morgan fingerprint density at radius 3 is 2.60 bits per heavy atom. The van der Waals surface area contributed by atoms with Crippen molar-refractivity contribution in [2.24, 2.45) is 0 Å². The van der Waals surface area contributed by atoms with Crippen molar-refractivity contribution in [3.8, 4) is 0 Å². The summed E-state index contributed by atoms with van der Waals surface area (Å²) in [4.78, 5) is 15.5. The van der Waals surface area contributed by atoms with Crippen LogP contribution < -0.4 is 0 Å². The number of aryl methyl sites for hydroxylation is 2. The van der Waals surface area contributed by atoms with Crippen molar-refractivity contribution in [3.63, 3.8) is 0 Å². The van der Waals surface area contributed by atoms with Crippen LogP contribution >= 0.6 is 11.3 Å². The average Bonchev–Trinajstić information content (AvgIpc) is 3.03. The Balaban J connectivity index is 2.36. The van der Waals surface area contributed by atoms with E-state index in [9.17, 15) is 18.0 Å². The molecule has 2 aromatic rings. The third-order valence-corrected chi connectivity index (χ3v) is 3.74. The van der Waals surface area contributed by atoms with Gasteiger partial charge in [-0.3, -0.25) is 9.48 Å². The maximum atomic E-state index is 12.5. The average molecular weight is 303 g/mol. The van der Waals surface area contributed by atoms with Crippen LogP contribution in [-0.4, -0.2) is 20.5 Å². The topological polar surface area (TPSA) is 47.8 Å². The minimum absolute atomic E-state index is 0.0328. The van der Waals surface area contributed by atoms with Crippen LogP contribution in [0.2, 0.25) is 0 Å². The largest absolute Gasteiger partial charge is 0.443 e. The van der Waals surface area contributed by atoms with E-state index in [0.29, 0.717) is 30.0 Å². The molecular formula is C12H12F3N3OS. The van der Waals surface area contributed by atoms with Crippen LogP contribution in [0, 0.1) is 0 Å². The lowest BCUT2D eigenvalue weighted by Crippen LogP contribution is -2.09. The molecule has 0 spiro atoms. The molecule has 0 unspecified atom stereocenters. The van der Waals surface area contributed by atoms with Crippen LogP contribution in [0.1, 0.15) is 39.9 Å². The summed E-state index contributed by atoms with van der Waals surface area (Å²) in [5.41, 5.74) is 1.03. The van der Waals surface area contributed by atoms with Crippen LogP contribution in [0.15, 0.2) is 12.3 Å². The molecule has 2 aromatic heterocycles. The Labute approximate surface area is 117 Å².